The van der Waals surface area contributed by atoms with Crippen LogP contribution in [0.15, 0.2) is 0 Å². The van der Waals surface area contributed by atoms with Crippen LogP contribution in [0.2, 0.25) is 0 Å². The van der Waals surface area contributed by atoms with Crippen molar-refractivity contribution in [3.8, 4) is 0 Å². The van der Waals surface area contributed by atoms with E-state index in [1.54, 1.807) is 0 Å². The lowest BCUT2D eigenvalue weighted by Crippen LogP contribution is -2.59. The Morgan fingerprint density at radius 1 is 1.33 bits per heavy atom. The van der Waals surface area contributed by atoms with Gasteiger partial charge in [0.1, 0.15) is 5.79 Å². The van der Waals surface area contributed by atoms with Crippen LogP contribution >= 0.6 is 12.6 Å². The summed E-state index contributed by atoms with van der Waals surface area (Å²) in [5, 5.41) is 0. The third-order valence-corrected chi connectivity index (χ3v) is 0.822. The second-order valence-electron chi connectivity index (χ2n) is 1.27. The normalized spacial score (nSPS) is 12.0. The summed E-state index contributed by atoms with van der Waals surface area (Å²) in [6, 6.07) is 0. The van der Waals surface area contributed by atoms with Gasteiger partial charge >= 0.3 is 0 Å². The van der Waals surface area contributed by atoms with E-state index in [1.807, 2.05) is 0 Å². The van der Waals surface area contributed by atoms with E-state index in [2.05, 4.69) is 12.6 Å². The molecule has 3 nitrogen and oxygen atoms in total. The Balaban J connectivity index is 3.17. The fraction of sp³-hybridized carbons (Fsp3) is 1.00. The van der Waals surface area contributed by atoms with Gasteiger partial charge in [-0.15, -0.1) is 0 Å². The van der Waals surface area contributed by atoms with Gasteiger partial charge in [0.2, 0.25) is 0 Å². The molecule has 0 aliphatic carbocycles. The molecule has 0 unspecified atom stereocenters. The first-order valence-electron chi connectivity index (χ1n) is 1.54. The van der Waals surface area contributed by atoms with Crippen LogP contribution < -0.4 is 17.2 Å². The summed E-state index contributed by atoms with van der Waals surface area (Å²) in [5.74, 6) is -0.796. The summed E-state index contributed by atoms with van der Waals surface area (Å²) in [6.45, 7) is 0. The molecule has 0 rings (SSSR count). The van der Waals surface area contributed by atoms with Gasteiger partial charge in [-0.1, -0.05) is 0 Å². The molecule has 4 heteroatoms. The molecule has 0 heterocycles. The molecule has 0 aromatic rings. The molecular weight excluding hydrogens is 98.1 g/mol. The number of hydrogen-bond donors (Lipinski definition) is 4. The molecule has 0 atom stereocenters. The lowest BCUT2D eigenvalue weighted by Gasteiger charge is -2.12. The second kappa shape index (κ2) is 1.79. The Hall–Kier alpha value is 0.230. The molecule has 6 N–H and O–H groups in total. The second-order valence-corrected chi connectivity index (χ2v) is 1.59. The SMILES string of the molecule is NC(N)(N)CS. The third kappa shape index (κ3) is 4.23. The van der Waals surface area contributed by atoms with Crippen molar-refractivity contribution in [3.63, 3.8) is 0 Å². The van der Waals surface area contributed by atoms with Crippen LogP contribution in [0, 0.1) is 0 Å². The first-order valence-corrected chi connectivity index (χ1v) is 2.17. The van der Waals surface area contributed by atoms with E-state index < -0.39 is 5.79 Å². The summed E-state index contributed by atoms with van der Waals surface area (Å²) >= 11 is 3.73. The topological polar surface area (TPSA) is 78.1 Å². The molecule has 0 spiro atoms. The zero-order valence-corrected chi connectivity index (χ0v) is 4.28. The highest BCUT2D eigenvalue weighted by Crippen LogP contribution is 1.78. The zero-order chi connectivity index (χ0) is 5.21. The van der Waals surface area contributed by atoms with Gasteiger partial charge in [-0.05, 0) is 0 Å². The predicted molar refractivity (Wildman–Crippen MR) is 29.1 cm³/mol. The van der Waals surface area contributed by atoms with Gasteiger partial charge in [0.15, 0.2) is 0 Å². The molecule has 0 bridgehead atoms. The van der Waals surface area contributed by atoms with Crippen molar-refractivity contribution in [2.45, 2.75) is 5.79 Å². The molecule has 0 aliphatic heterocycles. The number of hydrogen-bond acceptors (Lipinski definition) is 4. The lowest BCUT2D eigenvalue weighted by atomic mass is 10.5. The first-order chi connectivity index (χ1) is 2.56. The summed E-state index contributed by atoms with van der Waals surface area (Å²) < 4.78 is 0. The van der Waals surface area contributed by atoms with E-state index in [1.165, 1.54) is 0 Å². The smallest absolute Gasteiger partial charge is 0.124 e. The van der Waals surface area contributed by atoms with Gasteiger partial charge in [-0.3, -0.25) is 0 Å². The fourth-order valence-corrected chi connectivity index (χ4v) is 0. The summed E-state index contributed by atoms with van der Waals surface area (Å²) in [7, 11) is 0. The predicted octanol–water partition coefficient (Wildman–Crippen LogP) is -1.55. The summed E-state index contributed by atoms with van der Waals surface area (Å²) in [5.41, 5.74) is 15.0. The molecule has 0 aromatic carbocycles. The van der Waals surface area contributed by atoms with Crippen LogP contribution in [-0.2, 0) is 0 Å². The maximum atomic E-state index is 5.01. The monoisotopic (exact) mass is 107 g/mol. The van der Waals surface area contributed by atoms with Gasteiger partial charge in [-0.2, -0.15) is 12.6 Å². The van der Waals surface area contributed by atoms with E-state index in [0.717, 1.165) is 0 Å². The Morgan fingerprint density at radius 3 is 1.50 bits per heavy atom. The third-order valence-electron chi connectivity index (χ3n) is 0.274. The molecule has 0 saturated carbocycles. The lowest BCUT2D eigenvalue weighted by molar-refractivity contribution is 0.526. The van der Waals surface area contributed by atoms with Gasteiger partial charge in [0, 0.05) is 5.75 Å². The van der Waals surface area contributed by atoms with Gasteiger partial charge in [-0.25, -0.2) is 0 Å². The summed E-state index contributed by atoms with van der Waals surface area (Å²) in [4.78, 5) is 0. The number of rotatable bonds is 1. The average molecular weight is 107 g/mol. The molecule has 0 saturated heterocycles. The standard InChI is InChI=1S/C2H9N3S/c3-2(4,5)1-6/h6H,1,3-5H2. The van der Waals surface area contributed by atoms with E-state index in [-0.39, 0.29) is 0 Å². The highest BCUT2D eigenvalue weighted by atomic mass is 32.1. The number of nitrogens with two attached hydrogens (primary N) is 3. The van der Waals surface area contributed by atoms with Crippen molar-refractivity contribution >= 4 is 12.6 Å². The molecular formula is C2H9N3S. The van der Waals surface area contributed by atoms with Crippen molar-refractivity contribution < 1.29 is 0 Å². The maximum absolute atomic E-state index is 5.01. The molecule has 38 valence electrons. The highest BCUT2D eigenvalue weighted by molar-refractivity contribution is 7.80. The number of thiol groups is 1. The van der Waals surface area contributed by atoms with Crippen molar-refractivity contribution in [1.82, 2.24) is 0 Å². The minimum Gasteiger partial charge on any atom is -0.301 e. The Bertz CT molecular complexity index is 38.5. The first kappa shape index (κ1) is 6.23. The fourth-order valence-electron chi connectivity index (χ4n) is 0. The highest BCUT2D eigenvalue weighted by Gasteiger charge is 2.05. The minimum atomic E-state index is -1.09. The molecule has 0 amide bonds. The molecule has 0 radical (unpaired) electrons. The Morgan fingerprint density at radius 2 is 1.50 bits per heavy atom. The molecule has 0 aromatic heterocycles. The van der Waals surface area contributed by atoms with Crippen LogP contribution in [0.5, 0.6) is 0 Å². The molecule has 0 aliphatic rings. The van der Waals surface area contributed by atoms with E-state index in [0.29, 0.717) is 5.75 Å². The summed E-state index contributed by atoms with van der Waals surface area (Å²) in [6.07, 6.45) is 0. The van der Waals surface area contributed by atoms with Gasteiger partial charge in [0.05, 0.1) is 0 Å². The van der Waals surface area contributed by atoms with Crippen LogP contribution in [0.3, 0.4) is 0 Å². The van der Waals surface area contributed by atoms with Crippen molar-refractivity contribution in [2.75, 3.05) is 5.75 Å². The van der Waals surface area contributed by atoms with Gasteiger partial charge in [0.25, 0.3) is 0 Å². The van der Waals surface area contributed by atoms with Crippen molar-refractivity contribution in [3.05, 3.63) is 0 Å². The van der Waals surface area contributed by atoms with Crippen molar-refractivity contribution in [1.29, 1.82) is 0 Å². The average Bonchev–Trinajstić information content (AvgIpc) is 1.35. The molecule has 6 heavy (non-hydrogen) atoms. The van der Waals surface area contributed by atoms with Crippen LogP contribution in [0.25, 0.3) is 0 Å². The zero-order valence-electron chi connectivity index (χ0n) is 3.39. The van der Waals surface area contributed by atoms with E-state index >= 15 is 0 Å². The Labute approximate surface area is 42.3 Å². The van der Waals surface area contributed by atoms with Crippen LogP contribution in [0.4, 0.5) is 0 Å². The quantitative estimate of drug-likeness (QED) is 0.242. The Kier molecular flexibility index (Phi) is 1.86. The maximum Gasteiger partial charge on any atom is 0.124 e. The largest absolute Gasteiger partial charge is 0.301 e. The van der Waals surface area contributed by atoms with Crippen LogP contribution in [-0.4, -0.2) is 11.5 Å². The van der Waals surface area contributed by atoms with Crippen molar-refractivity contribution in [2.24, 2.45) is 17.2 Å². The molecule has 0 fully saturated rings. The van der Waals surface area contributed by atoms with E-state index in [4.69, 9.17) is 17.2 Å². The van der Waals surface area contributed by atoms with Crippen LogP contribution in [0.1, 0.15) is 0 Å². The van der Waals surface area contributed by atoms with E-state index in [9.17, 15) is 0 Å². The van der Waals surface area contributed by atoms with Gasteiger partial charge < -0.3 is 17.2 Å². The minimum absolute atomic E-state index is 0.299.